The van der Waals surface area contributed by atoms with Crippen LogP contribution in [0.5, 0.6) is 0 Å². The summed E-state index contributed by atoms with van der Waals surface area (Å²) in [5, 5.41) is 47.2. The molecule has 0 spiro atoms. The first-order valence-electron chi connectivity index (χ1n) is 17.7. The Bertz CT molecular complexity index is 1050. The number of nitrogens with zero attached hydrogens (tertiary/aromatic N) is 2. The number of carbonyl (C=O) groups is 1. The van der Waals surface area contributed by atoms with E-state index in [0.29, 0.717) is 18.6 Å². The Kier molecular flexibility index (Phi) is 15.1. The van der Waals surface area contributed by atoms with Crippen molar-refractivity contribution in [3.8, 4) is 0 Å². The van der Waals surface area contributed by atoms with Gasteiger partial charge in [0.05, 0.1) is 48.3 Å². The van der Waals surface area contributed by atoms with Crippen molar-refractivity contribution in [2.75, 3.05) is 21.2 Å². The highest BCUT2D eigenvalue weighted by Gasteiger charge is 2.47. The molecule has 3 heterocycles. The molecule has 3 rings (SSSR count). The first kappa shape index (κ1) is 41.0. The third-order valence-corrected chi connectivity index (χ3v) is 11.2. The van der Waals surface area contributed by atoms with Gasteiger partial charge in [0, 0.05) is 37.3 Å². The summed E-state index contributed by atoms with van der Waals surface area (Å²) >= 11 is 0. The number of methoxy groups -OCH3 is 1. The number of carbonyl (C=O) groups excluding carboxylic acids is 1. The molecule has 0 radical (unpaired) electrons. The molecule has 0 aromatic carbocycles. The van der Waals surface area contributed by atoms with E-state index in [9.17, 15) is 25.3 Å². The van der Waals surface area contributed by atoms with Crippen molar-refractivity contribution in [3.05, 3.63) is 0 Å². The largest absolute Gasteiger partial charge is 0.462 e. The maximum Gasteiger partial charge on any atom is 0.311 e. The number of esters is 1. The van der Waals surface area contributed by atoms with E-state index in [-0.39, 0.29) is 30.4 Å². The van der Waals surface area contributed by atoms with Gasteiger partial charge in [-0.2, -0.15) is 0 Å². The van der Waals surface area contributed by atoms with E-state index in [0.717, 1.165) is 0 Å². The van der Waals surface area contributed by atoms with Gasteiger partial charge in [-0.3, -0.25) is 4.79 Å². The number of hydrogen-bond acceptors (Lipinski definition) is 13. The highest BCUT2D eigenvalue weighted by Crippen LogP contribution is 2.37. The van der Waals surface area contributed by atoms with E-state index in [1.165, 1.54) is 7.11 Å². The van der Waals surface area contributed by atoms with Crippen LogP contribution in [-0.2, 0) is 33.2 Å². The zero-order valence-electron chi connectivity index (χ0n) is 31.1. The smallest absolute Gasteiger partial charge is 0.311 e. The highest BCUT2D eigenvalue weighted by molar-refractivity contribution is 5.88. The monoisotopic (exact) mass is 688 g/mol. The standard InChI is InChI=1S/C35H64N2O11/c1-16-13-17(2)32(48-35-31(40)25(37(10)11)14-18(3)44-35)21(6)33(47-27-15-26(43-12)30(39)24(9)45-27)22(7)34(41)46-23(8)19(4)29(38)20(5)28(16)36-42/h16-27,29-33,35,38-40,42H,13-15H2,1-12H3/b36-28+/t16-,17-,18+,19-,20-,21+,22+,23+,24-,25-,26+,27-,29-,30-,31-,32-,33-,35-/m0/s1. The van der Waals surface area contributed by atoms with Crippen molar-refractivity contribution >= 4 is 11.7 Å². The fourth-order valence-corrected chi connectivity index (χ4v) is 7.87. The van der Waals surface area contributed by atoms with Crippen LogP contribution in [0.25, 0.3) is 0 Å². The van der Waals surface area contributed by atoms with Crippen LogP contribution in [0, 0.1) is 35.5 Å². The normalized spacial score (nSPS) is 48.2. The number of oxime groups is 1. The predicted octanol–water partition coefficient (Wildman–Crippen LogP) is 3.04. The number of cyclic esters (lactones) is 1. The van der Waals surface area contributed by atoms with Gasteiger partial charge in [-0.15, -0.1) is 0 Å². The molecule has 13 nitrogen and oxygen atoms in total. The van der Waals surface area contributed by atoms with Gasteiger partial charge in [-0.05, 0) is 66.5 Å². The zero-order chi connectivity index (χ0) is 36.2. The lowest BCUT2D eigenvalue weighted by atomic mass is 9.76. The van der Waals surface area contributed by atoms with Crippen LogP contribution in [0.1, 0.15) is 81.6 Å². The van der Waals surface area contributed by atoms with E-state index >= 15 is 0 Å². The van der Waals surface area contributed by atoms with Gasteiger partial charge >= 0.3 is 5.97 Å². The summed E-state index contributed by atoms with van der Waals surface area (Å²) in [5.41, 5.74) is 0.438. The van der Waals surface area contributed by atoms with Crippen LogP contribution in [0.15, 0.2) is 5.16 Å². The number of aliphatic hydroxyl groups is 3. The molecule has 0 aromatic heterocycles. The minimum absolute atomic E-state index is 0.178. The molecule has 13 heteroatoms. The van der Waals surface area contributed by atoms with Gasteiger partial charge in [0.1, 0.15) is 18.3 Å². The Morgan fingerprint density at radius 3 is 2.00 bits per heavy atom. The summed E-state index contributed by atoms with van der Waals surface area (Å²) in [6, 6.07) is -0.198. The van der Waals surface area contributed by atoms with Crippen LogP contribution >= 0.6 is 0 Å². The number of rotatable bonds is 6. The van der Waals surface area contributed by atoms with Gasteiger partial charge in [-0.1, -0.05) is 39.8 Å². The third kappa shape index (κ3) is 9.46. The molecule has 48 heavy (non-hydrogen) atoms. The van der Waals surface area contributed by atoms with Crippen LogP contribution in [0.4, 0.5) is 0 Å². The second-order valence-electron chi connectivity index (χ2n) is 15.1. The maximum absolute atomic E-state index is 13.9. The maximum atomic E-state index is 13.9. The minimum Gasteiger partial charge on any atom is -0.462 e. The summed E-state index contributed by atoms with van der Waals surface area (Å²) in [6.07, 6.45) is -6.47. The van der Waals surface area contributed by atoms with Gasteiger partial charge in [0.15, 0.2) is 12.6 Å². The quantitative estimate of drug-likeness (QED) is 0.183. The molecule has 0 aliphatic carbocycles. The van der Waals surface area contributed by atoms with Crippen molar-refractivity contribution in [3.63, 3.8) is 0 Å². The van der Waals surface area contributed by atoms with Crippen molar-refractivity contribution in [1.82, 2.24) is 4.90 Å². The molecule has 3 aliphatic rings. The highest BCUT2D eigenvalue weighted by atomic mass is 16.7. The van der Waals surface area contributed by atoms with E-state index in [4.69, 9.17) is 28.4 Å². The molecule has 0 bridgehead atoms. The van der Waals surface area contributed by atoms with E-state index in [2.05, 4.69) is 5.16 Å². The summed E-state index contributed by atoms with van der Waals surface area (Å²) in [6.45, 7) is 16.7. The second-order valence-corrected chi connectivity index (χ2v) is 15.1. The van der Waals surface area contributed by atoms with Crippen molar-refractivity contribution < 1.29 is 53.7 Å². The second kappa shape index (κ2) is 17.7. The molecule has 0 aromatic rings. The Morgan fingerprint density at radius 2 is 1.42 bits per heavy atom. The van der Waals surface area contributed by atoms with Gasteiger partial charge in [0.25, 0.3) is 0 Å². The third-order valence-electron chi connectivity index (χ3n) is 11.2. The van der Waals surface area contributed by atoms with Gasteiger partial charge in [0.2, 0.25) is 0 Å². The SMILES string of the molecule is CO[C@@H]1C[C@H](O[C@H]2[C@H](C)[C@@H](O[C@@H]3O[C@H](C)C[C@H](N(C)C)[C@@H]3O)[C@@H](C)C[C@H](C)/C(=N\O)[C@H](C)[C@@H](O)[C@@H](C)[C@@H](C)OC(=O)[C@@H]2C)O[C@@H](C)[C@@H]1O. The fraction of sp³-hybridized carbons (Fsp3) is 0.943. The topological polar surface area (TPSA) is 169 Å². The molecule has 18 atom stereocenters. The Balaban J connectivity index is 2.09. The summed E-state index contributed by atoms with van der Waals surface area (Å²) in [7, 11) is 5.35. The average molecular weight is 689 g/mol. The first-order chi connectivity index (χ1) is 22.4. The summed E-state index contributed by atoms with van der Waals surface area (Å²) < 4.78 is 37.2. The molecule has 280 valence electrons. The Labute approximate surface area is 287 Å². The predicted molar refractivity (Wildman–Crippen MR) is 178 cm³/mol. The van der Waals surface area contributed by atoms with Gasteiger partial charge < -0.3 is 53.8 Å². The van der Waals surface area contributed by atoms with Crippen LogP contribution in [0.2, 0.25) is 0 Å². The van der Waals surface area contributed by atoms with E-state index in [1.807, 2.05) is 60.5 Å². The summed E-state index contributed by atoms with van der Waals surface area (Å²) in [4.78, 5) is 15.8. The van der Waals surface area contributed by atoms with E-state index < -0.39 is 91.1 Å². The lowest BCUT2D eigenvalue weighted by molar-refractivity contribution is -0.298. The molecule has 0 saturated carbocycles. The van der Waals surface area contributed by atoms with Crippen molar-refractivity contribution in [2.45, 2.75) is 155 Å². The number of aliphatic hydroxyl groups excluding tert-OH is 3. The first-order valence-corrected chi connectivity index (χ1v) is 17.7. The van der Waals surface area contributed by atoms with Crippen LogP contribution in [0.3, 0.4) is 0 Å². The van der Waals surface area contributed by atoms with Crippen molar-refractivity contribution in [2.24, 2.45) is 40.7 Å². The fourth-order valence-electron chi connectivity index (χ4n) is 7.87. The molecule has 0 unspecified atom stereocenters. The molecule has 0 amide bonds. The van der Waals surface area contributed by atoms with E-state index in [1.54, 1.807) is 20.8 Å². The Morgan fingerprint density at radius 1 is 0.771 bits per heavy atom. The molecular formula is C35H64N2O11. The van der Waals surface area contributed by atoms with Crippen LogP contribution < -0.4 is 0 Å². The number of likely N-dealkylation sites (N-methyl/N-ethyl adjacent to an activating group) is 1. The molecule has 4 N–H and O–H groups in total. The number of hydrogen-bond donors (Lipinski definition) is 4. The number of ether oxygens (including phenoxy) is 6. The van der Waals surface area contributed by atoms with Gasteiger partial charge in [-0.25, -0.2) is 0 Å². The van der Waals surface area contributed by atoms with Crippen molar-refractivity contribution in [1.29, 1.82) is 0 Å². The minimum atomic E-state index is -0.959. The molecule has 3 fully saturated rings. The zero-order valence-corrected chi connectivity index (χ0v) is 31.1. The molecular weight excluding hydrogens is 624 g/mol. The lowest BCUT2D eigenvalue weighted by Crippen LogP contribution is -2.57. The molecule has 3 saturated heterocycles. The lowest BCUT2D eigenvalue weighted by Gasteiger charge is -2.46. The average Bonchev–Trinajstić information content (AvgIpc) is 3.03. The van der Waals surface area contributed by atoms with Crippen LogP contribution in [-0.4, -0.2) is 132 Å². The summed E-state index contributed by atoms with van der Waals surface area (Å²) in [5.74, 6) is -3.24. The molecule has 3 aliphatic heterocycles. The Hall–Kier alpha value is -1.42.